The molecule has 0 atom stereocenters. The quantitative estimate of drug-likeness (QED) is 0.792. The second-order valence-corrected chi connectivity index (χ2v) is 7.48. The molecule has 0 aliphatic rings. The van der Waals surface area contributed by atoms with Crippen LogP contribution in [-0.4, -0.2) is 28.6 Å². The van der Waals surface area contributed by atoms with E-state index in [1.54, 1.807) is 6.07 Å². The van der Waals surface area contributed by atoms with Gasteiger partial charge in [-0.15, -0.1) is 11.3 Å². The molecule has 0 spiro atoms. The smallest absolute Gasteiger partial charge is 0.250 e. The van der Waals surface area contributed by atoms with Crippen molar-refractivity contribution in [3.05, 3.63) is 17.0 Å². The summed E-state index contributed by atoms with van der Waals surface area (Å²) < 4.78 is 26.8. The number of rotatable bonds is 7. The van der Waals surface area contributed by atoms with E-state index >= 15 is 0 Å². The van der Waals surface area contributed by atoms with Crippen LogP contribution in [0.15, 0.2) is 16.3 Å². The van der Waals surface area contributed by atoms with Crippen molar-refractivity contribution in [2.75, 3.05) is 20.1 Å². The van der Waals surface area contributed by atoms with E-state index in [0.29, 0.717) is 16.7 Å². The van der Waals surface area contributed by atoms with Crippen molar-refractivity contribution < 1.29 is 8.42 Å². The van der Waals surface area contributed by atoms with Crippen molar-refractivity contribution in [1.82, 2.24) is 10.0 Å². The zero-order valence-electron chi connectivity index (χ0n) is 10.5. The number of likely N-dealkylation sites (N-methyl/N-ethyl adjacent to an activating group) is 1. The van der Waals surface area contributed by atoms with Crippen LogP contribution in [0.2, 0.25) is 0 Å². The van der Waals surface area contributed by atoms with Gasteiger partial charge >= 0.3 is 0 Å². The van der Waals surface area contributed by atoms with E-state index < -0.39 is 10.0 Å². The molecule has 0 radical (unpaired) electrons. The highest BCUT2D eigenvalue weighted by Crippen LogP contribution is 2.21. The molecule has 0 aliphatic heterocycles. The van der Waals surface area contributed by atoms with E-state index in [-0.39, 0.29) is 0 Å². The van der Waals surface area contributed by atoms with Gasteiger partial charge in [-0.05, 0) is 38.1 Å². The van der Waals surface area contributed by atoms with Crippen LogP contribution in [-0.2, 0) is 16.4 Å². The molecule has 1 aromatic rings. The fourth-order valence-corrected chi connectivity index (χ4v) is 3.85. The van der Waals surface area contributed by atoms with Crippen LogP contribution in [0, 0.1) is 5.92 Å². The van der Waals surface area contributed by atoms with E-state index in [1.165, 1.54) is 11.3 Å². The van der Waals surface area contributed by atoms with Crippen LogP contribution in [0.5, 0.6) is 0 Å². The summed E-state index contributed by atoms with van der Waals surface area (Å²) in [5.41, 5.74) is 0. The fourth-order valence-electron chi connectivity index (χ4n) is 1.23. The Balaban J connectivity index is 2.68. The molecule has 1 rings (SSSR count). The van der Waals surface area contributed by atoms with Gasteiger partial charge < -0.3 is 5.32 Å². The minimum Gasteiger partial charge on any atom is -0.319 e. The molecule has 0 amide bonds. The summed E-state index contributed by atoms with van der Waals surface area (Å²) in [5, 5.41) is 3.05. The predicted octanol–water partition coefficient (Wildman–Crippen LogP) is 1.44. The molecule has 6 heteroatoms. The third kappa shape index (κ3) is 4.75. The Hall–Kier alpha value is -0.430. The third-order valence-corrected chi connectivity index (χ3v) is 5.27. The first kappa shape index (κ1) is 14.6. The van der Waals surface area contributed by atoms with Gasteiger partial charge in [0.05, 0.1) is 0 Å². The largest absolute Gasteiger partial charge is 0.319 e. The van der Waals surface area contributed by atoms with Crippen LogP contribution in [0.3, 0.4) is 0 Å². The maximum atomic E-state index is 11.9. The van der Waals surface area contributed by atoms with Gasteiger partial charge in [0.1, 0.15) is 4.21 Å². The van der Waals surface area contributed by atoms with Crippen molar-refractivity contribution in [3.8, 4) is 0 Å². The Morgan fingerprint density at radius 1 is 1.35 bits per heavy atom. The van der Waals surface area contributed by atoms with Gasteiger partial charge in [0, 0.05) is 11.4 Å². The summed E-state index contributed by atoms with van der Waals surface area (Å²) in [6.45, 7) is 5.30. The van der Waals surface area contributed by atoms with Crippen molar-refractivity contribution in [3.63, 3.8) is 0 Å². The molecule has 0 fully saturated rings. The van der Waals surface area contributed by atoms with E-state index in [0.717, 1.165) is 17.8 Å². The Labute approximate surface area is 107 Å². The Morgan fingerprint density at radius 3 is 2.65 bits per heavy atom. The highest BCUT2D eigenvalue weighted by atomic mass is 32.2. The zero-order valence-corrected chi connectivity index (χ0v) is 12.1. The Morgan fingerprint density at radius 2 is 2.06 bits per heavy atom. The standard InChI is InChI=1S/C11H20N2O2S2/c1-9(2)8-13-17(14,15)11-5-4-10(16-11)6-7-12-3/h4-5,9,12-13H,6-8H2,1-3H3. The lowest BCUT2D eigenvalue weighted by atomic mass is 10.2. The molecular formula is C11H20N2O2S2. The highest BCUT2D eigenvalue weighted by Gasteiger charge is 2.16. The van der Waals surface area contributed by atoms with Gasteiger partial charge in [0.2, 0.25) is 10.0 Å². The van der Waals surface area contributed by atoms with Crippen molar-refractivity contribution in [2.24, 2.45) is 5.92 Å². The predicted molar refractivity (Wildman–Crippen MR) is 72.0 cm³/mol. The summed E-state index contributed by atoms with van der Waals surface area (Å²) in [6.07, 6.45) is 0.862. The van der Waals surface area contributed by atoms with Crippen molar-refractivity contribution in [2.45, 2.75) is 24.5 Å². The molecule has 98 valence electrons. The molecular weight excluding hydrogens is 256 g/mol. The van der Waals surface area contributed by atoms with E-state index in [2.05, 4.69) is 10.0 Å². The molecule has 0 aromatic carbocycles. The fraction of sp³-hybridized carbons (Fsp3) is 0.636. The molecule has 1 heterocycles. The van der Waals surface area contributed by atoms with Crippen molar-refractivity contribution in [1.29, 1.82) is 0 Å². The molecule has 0 aliphatic carbocycles. The normalized spacial score (nSPS) is 12.2. The molecule has 0 saturated carbocycles. The average Bonchev–Trinajstić information content (AvgIpc) is 2.73. The van der Waals surface area contributed by atoms with Crippen LogP contribution < -0.4 is 10.0 Å². The summed E-state index contributed by atoms with van der Waals surface area (Å²) in [6, 6.07) is 3.56. The first-order valence-electron chi connectivity index (χ1n) is 5.68. The zero-order chi connectivity index (χ0) is 12.9. The van der Waals surface area contributed by atoms with Crippen LogP contribution >= 0.6 is 11.3 Å². The number of sulfonamides is 1. The summed E-state index contributed by atoms with van der Waals surface area (Å²) in [5.74, 6) is 0.313. The Bertz CT molecular complexity index is 438. The number of hydrogen-bond donors (Lipinski definition) is 2. The lowest BCUT2D eigenvalue weighted by molar-refractivity contribution is 0.562. The van der Waals surface area contributed by atoms with Gasteiger partial charge in [0.15, 0.2) is 0 Å². The van der Waals surface area contributed by atoms with Crippen LogP contribution in [0.25, 0.3) is 0 Å². The maximum Gasteiger partial charge on any atom is 0.250 e. The van der Waals surface area contributed by atoms with Crippen LogP contribution in [0.4, 0.5) is 0 Å². The lowest BCUT2D eigenvalue weighted by Crippen LogP contribution is -2.26. The summed E-state index contributed by atoms with van der Waals surface area (Å²) in [7, 11) is -1.43. The number of thiophene rings is 1. The SMILES string of the molecule is CNCCc1ccc(S(=O)(=O)NCC(C)C)s1. The topological polar surface area (TPSA) is 58.2 Å². The van der Waals surface area contributed by atoms with Crippen LogP contribution in [0.1, 0.15) is 18.7 Å². The summed E-state index contributed by atoms with van der Waals surface area (Å²) in [4.78, 5) is 1.09. The third-order valence-electron chi connectivity index (χ3n) is 2.20. The number of hydrogen-bond acceptors (Lipinski definition) is 4. The lowest BCUT2D eigenvalue weighted by Gasteiger charge is -2.06. The van der Waals surface area contributed by atoms with Crippen molar-refractivity contribution >= 4 is 21.4 Å². The monoisotopic (exact) mass is 276 g/mol. The Kier molecular flexibility index (Phi) is 5.58. The molecule has 0 bridgehead atoms. The average molecular weight is 276 g/mol. The first-order valence-corrected chi connectivity index (χ1v) is 7.98. The van der Waals surface area contributed by atoms with E-state index in [1.807, 2.05) is 27.0 Å². The molecule has 17 heavy (non-hydrogen) atoms. The maximum absolute atomic E-state index is 11.9. The molecule has 2 N–H and O–H groups in total. The van der Waals surface area contributed by atoms with E-state index in [4.69, 9.17) is 0 Å². The highest BCUT2D eigenvalue weighted by molar-refractivity contribution is 7.91. The number of nitrogens with one attached hydrogen (secondary N) is 2. The second kappa shape index (κ2) is 6.49. The van der Waals surface area contributed by atoms with Gasteiger partial charge in [-0.3, -0.25) is 0 Å². The molecule has 4 nitrogen and oxygen atoms in total. The van der Waals surface area contributed by atoms with Gasteiger partial charge in [-0.2, -0.15) is 0 Å². The minimum atomic E-state index is -3.31. The summed E-state index contributed by atoms with van der Waals surface area (Å²) >= 11 is 1.34. The van der Waals surface area contributed by atoms with Gasteiger partial charge in [-0.25, -0.2) is 13.1 Å². The minimum absolute atomic E-state index is 0.313. The molecule has 0 unspecified atom stereocenters. The molecule has 1 aromatic heterocycles. The van der Waals surface area contributed by atoms with Gasteiger partial charge in [0.25, 0.3) is 0 Å². The second-order valence-electron chi connectivity index (χ2n) is 4.32. The molecule has 0 saturated heterocycles. The van der Waals surface area contributed by atoms with E-state index in [9.17, 15) is 8.42 Å². The van der Waals surface area contributed by atoms with Gasteiger partial charge in [-0.1, -0.05) is 13.8 Å². The first-order chi connectivity index (χ1) is 7.95.